The number of carbonyl (C=O) groups is 1. The van der Waals surface area contributed by atoms with Crippen molar-refractivity contribution in [3.8, 4) is 0 Å². The zero-order chi connectivity index (χ0) is 23.0. The number of halogens is 1. The standard InChI is InChI=1S/C24H28FN5O3/c25-18-7-4-8-19(14-18)26-24(32)27-22-10-9-21(33-23(22)16-31)11-12-30-15-20(28-29-30)13-17-5-2-1-3-6-17/h1-8,14-15,21-23,31H,9-13,16H2,(H2,26,27,32)/t21-,22+,23-/m0/s1. The molecule has 0 radical (unpaired) electrons. The molecule has 2 aromatic carbocycles. The molecule has 1 saturated heterocycles. The highest BCUT2D eigenvalue weighted by molar-refractivity contribution is 5.89. The predicted molar refractivity (Wildman–Crippen MR) is 121 cm³/mol. The van der Waals surface area contributed by atoms with Gasteiger partial charge in [0.25, 0.3) is 0 Å². The van der Waals surface area contributed by atoms with Crippen molar-refractivity contribution in [1.82, 2.24) is 20.3 Å². The summed E-state index contributed by atoms with van der Waals surface area (Å²) in [5.41, 5.74) is 2.46. The van der Waals surface area contributed by atoms with Crippen LogP contribution >= 0.6 is 0 Å². The Morgan fingerprint density at radius 3 is 2.82 bits per heavy atom. The smallest absolute Gasteiger partial charge is 0.319 e. The number of amides is 2. The Kier molecular flexibility index (Phi) is 7.64. The van der Waals surface area contributed by atoms with Gasteiger partial charge in [0.1, 0.15) is 11.9 Å². The molecule has 1 fully saturated rings. The highest BCUT2D eigenvalue weighted by atomic mass is 19.1. The highest BCUT2D eigenvalue weighted by Crippen LogP contribution is 2.23. The van der Waals surface area contributed by atoms with Crippen molar-refractivity contribution in [2.75, 3.05) is 11.9 Å². The number of carbonyl (C=O) groups excluding carboxylic acids is 1. The van der Waals surface area contributed by atoms with Crippen LogP contribution in [0.4, 0.5) is 14.9 Å². The number of hydrogen-bond donors (Lipinski definition) is 3. The van der Waals surface area contributed by atoms with Crippen LogP contribution in [-0.2, 0) is 17.7 Å². The average Bonchev–Trinajstić information content (AvgIpc) is 3.26. The first kappa shape index (κ1) is 22.9. The Morgan fingerprint density at radius 1 is 1.18 bits per heavy atom. The first-order valence-corrected chi connectivity index (χ1v) is 11.1. The van der Waals surface area contributed by atoms with Crippen LogP contribution in [0, 0.1) is 5.82 Å². The van der Waals surface area contributed by atoms with Crippen molar-refractivity contribution in [3.63, 3.8) is 0 Å². The van der Waals surface area contributed by atoms with Crippen LogP contribution in [0.5, 0.6) is 0 Å². The SMILES string of the molecule is O=C(Nc1cccc(F)c1)N[C@@H]1CC[C@@H](CCn2cc(Cc3ccccc3)nn2)O[C@H]1CO. The monoisotopic (exact) mass is 453 g/mol. The van der Waals surface area contributed by atoms with E-state index in [9.17, 15) is 14.3 Å². The molecule has 2 amide bonds. The predicted octanol–water partition coefficient (Wildman–Crippen LogP) is 3.13. The van der Waals surface area contributed by atoms with Crippen LogP contribution in [0.2, 0.25) is 0 Å². The Labute approximate surface area is 191 Å². The van der Waals surface area contributed by atoms with Crippen molar-refractivity contribution in [3.05, 3.63) is 77.9 Å². The molecule has 9 heteroatoms. The third-order valence-corrected chi connectivity index (χ3v) is 5.69. The van der Waals surface area contributed by atoms with E-state index >= 15 is 0 Å². The molecule has 3 N–H and O–H groups in total. The summed E-state index contributed by atoms with van der Waals surface area (Å²) >= 11 is 0. The fraction of sp³-hybridized carbons (Fsp3) is 0.375. The zero-order valence-electron chi connectivity index (χ0n) is 18.2. The van der Waals surface area contributed by atoms with Crippen molar-refractivity contribution in [1.29, 1.82) is 0 Å². The number of anilines is 1. The summed E-state index contributed by atoms with van der Waals surface area (Å²) < 4.78 is 21.1. The Bertz CT molecular complexity index is 1050. The summed E-state index contributed by atoms with van der Waals surface area (Å²) in [5, 5.41) is 23.7. The van der Waals surface area contributed by atoms with Gasteiger partial charge < -0.3 is 20.5 Å². The molecular formula is C24H28FN5O3. The second kappa shape index (κ2) is 11.0. The first-order chi connectivity index (χ1) is 16.1. The molecule has 174 valence electrons. The van der Waals surface area contributed by atoms with E-state index in [1.54, 1.807) is 6.07 Å². The number of ether oxygens (including phenoxy) is 1. The number of aliphatic hydroxyl groups is 1. The number of nitrogens with zero attached hydrogens (tertiary/aromatic N) is 3. The molecule has 0 saturated carbocycles. The van der Waals surface area contributed by atoms with Gasteiger partial charge in [0.2, 0.25) is 0 Å². The third-order valence-electron chi connectivity index (χ3n) is 5.69. The Balaban J connectivity index is 1.23. The molecule has 1 aliphatic heterocycles. The van der Waals surface area contributed by atoms with Crippen LogP contribution in [0.15, 0.2) is 60.8 Å². The molecule has 3 atom stereocenters. The van der Waals surface area contributed by atoms with Gasteiger partial charge in [0, 0.05) is 24.8 Å². The van der Waals surface area contributed by atoms with Gasteiger partial charge in [0.05, 0.1) is 24.4 Å². The molecule has 0 unspecified atom stereocenters. The largest absolute Gasteiger partial charge is 0.394 e. The fourth-order valence-electron chi connectivity index (χ4n) is 4.02. The minimum absolute atomic E-state index is 0.0479. The van der Waals surface area contributed by atoms with Gasteiger partial charge in [-0.25, -0.2) is 9.18 Å². The normalized spacial score (nSPS) is 20.4. The summed E-state index contributed by atoms with van der Waals surface area (Å²) in [6.45, 7) is 0.453. The molecule has 0 spiro atoms. The lowest BCUT2D eigenvalue weighted by Gasteiger charge is -2.36. The molecule has 0 aliphatic carbocycles. The molecule has 8 nitrogen and oxygen atoms in total. The molecular weight excluding hydrogens is 425 g/mol. The van der Waals surface area contributed by atoms with Gasteiger partial charge in [-0.3, -0.25) is 4.68 Å². The van der Waals surface area contributed by atoms with Crippen molar-refractivity contribution in [2.45, 2.75) is 50.5 Å². The number of nitrogens with one attached hydrogen (secondary N) is 2. The van der Waals surface area contributed by atoms with Crippen LogP contribution < -0.4 is 10.6 Å². The van der Waals surface area contributed by atoms with E-state index in [1.807, 2.05) is 29.1 Å². The van der Waals surface area contributed by atoms with Crippen LogP contribution in [-0.4, -0.2) is 51.0 Å². The minimum atomic E-state index is -0.508. The molecule has 1 aliphatic rings. The maximum Gasteiger partial charge on any atom is 0.319 e. The van der Waals surface area contributed by atoms with Gasteiger partial charge in [0.15, 0.2) is 0 Å². The van der Waals surface area contributed by atoms with Crippen LogP contribution in [0.25, 0.3) is 0 Å². The molecule has 1 aromatic heterocycles. The first-order valence-electron chi connectivity index (χ1n) is 11.1. The number of aryl methyl sites for hydroxylation is 1. The zero-order valence-corrected chi connectivity index (χ0v) is 18.2. The van der Waals surface area contributed by atoms with Crippen molar-refractivity contribution in [2.24, 2.45) is 0 Å². The van der Waals surface area contributed by atoms with E-state index in [4.69, 9.17) is 4.74 Å². The maximum absolute atomic E-state index is 13.3. The van der Waals surface area contributed by atoms with Crippen molar-refractivity contribution < 1.29 is 19.0 Å². The lowest BCUT2D eigenvalue weighted by molar-refractivity contribution is -0.0905. The van der Waals surface area contributed by atoms with Crippen molar-refractivity contribution >= 4 is 11.7 Å². The third kappa shape index (κ3) is 6.59. The van der Waals surface area contributed by atoms with Gasteiger partial charge >= 0.3 is 6.03 Å². The van der Waals surface area contributed by atoms with Gasteiger partial charge in [-0.2, -0.15) is 0 Å². The van der Waals surface area contributed by atoms with E-state index in [1.165, 1.54) is 23.8 Å². The Morgan fingerprint density at radius 2 is 2.03 bits per heavy atom. The number of urea groups is 1. The van der Waals surface area contributed by atoms with E-state index < -0.39 is 18.0 Å². The van der Waals surface area contributed by atoms with Crippen LogP contribution in [0.3, 0.4) is 0 Å². The van der Waals surface area contributed by atoms with Gasteiger partial charge in [-0.05, 0) is 43.0 Å². The summed E-state index contributed by atoms with van der Waals surface area (Å²) in [4.78, 5) is 12.3. The lowest BCUT2D eigenvalue weighted by atomic mass is 9.97. The summed E-state index contributed by atoms with van der Waals surface area (Å²) in [6.07, 6.45) is 4.27. The van der Waals surface area contributed by atoms with Crippen LogP contribution in [0.1, 0.15) is 30.5 Å². The summed E-state index contributed by atoms with van der Waals surface area (Å²) in [7, 11) is 0. The molecule has 3 aromatic rings. The average molecular weight is 454 g/mol. The van der Waals surface area contributed by atoms with Gasteiger partial charge in [-0.15, -0.1) is 5.10 Å². The Hall–Kier alpha value is -3.30. The number of rotatable bonds is 8. The van der Waals surface area contributed by atoms with Gasteiger partial charge in [-0.1, -0.05) is 41.6 Å². The lowest BCUT2D eigenvalue weighted by Crippen LogP contribution is -2.52. The number of aliphatic hydroxyl groups excluding tert-OH is 1. The maximum atomic E-state index is 13.3. The second-order valence-electron chi connectivity index (χ2n) is 8.20. The molecule has 4 rings (SSSR count). The highest BCUT2D eigenvalue weighted by Gasteiger charge is 2.31. The molecule has 33 heavy (non-hydrogen) atoms. The van der Waals surface area contributed by atoms with E-state index in [-0.39, 0.29) is 18.8 Å². The number of aromatic nitrogens is 3. The summed E-state index contributed by atoms with van der Waals surface area (Å²) in [5.74, 6) is -0.426. The van der Waals surface area contributed by atoms with E-state index in [2.05, 4.69) is 33.1 Å². The number of benzene rings is 2. The second-order valence-corrected chi connectivity index (χ2v) is 8.20. The molecule has 2 heterocycles. The number of hydrogen-bond acceptors (Lipinski definition) is 5. The minimum Gasteiger partial charge on any atom is -0.394 e. The van der Waals surface area contributed by atoms with E-state index in [0.717, 1.165) is 25.0 Å². The topological polar surface area (TPSA) is 101 Å². The van der Waals surface area contributed by atoms with E-state index in [0.29, 0.717) is 18.7 Å². The summed E-state index contributed by atoms with van der Waals surface area (Å²) in [6, 6.07) is 15.0. The fourth-order valence-corrected chi connectivity index (χ4v) is 4.02. The molecule has 0 bridgehead atoms. The quantitative estimate of drug-likeness (QED) is 0.487.